The first-order valence-corrected chi connectivity index (χ1v) is 7.57. The number of carbonyl (C=O) groups is 1. The average molecular weight is 326 g/mol. The van der Waals surface area contributed by atoms with E-state index in [1.807, 2.05) is 4.40 Å². The Hall–Kier alpha value is -1.99. The highest BCUT2D eigenvalue weighted by molar-refractivity contribution is 6.30. The highest BCUT2D eigenvalue weighted by Crippen LogP contribution is 2.26. The summed E-state index contributed by atoms with van der Waals surface area (Å²) in [5, 5.41) is 12.0. The first-order chi connectivity index (χ1) is 10.6. The van der Waals surface area contributed by atoms with Gasteiger partial charge in [0.25, 0.3) is 5.91 Å². The number of nitrogens with zero attached hydrogens (tertiary/aromatic N) is 2. The number of pyridine rings is 1. The predicted octanol–water partition coefficient (Wildman–Crippen LogP) is 2.22. The van der Waals surface area contributed by atoms with Gasteiger partial charge in [-0.05, 0) is 18.9 Å². The number of aryl methyl sites for hydroxylation is 1. The Morgan fingerprint density at radius 3 is 2.95 bits per heavy atom. The number of fused-ring (bicyclic) bond motifs is 1. The smallest absolute Gasteiger partial charge is 0.262 e. The van der Waals surface area contributed by atoms with Crippen molar-refractivity contribution in [3.63, 3.8) is 0 Å². The molecular formula is C14H20ClN5O2. The number of aromatic nitrogens is 2. The normalized spacial score (nSPS) is 10.9. The quantitative estimate of drug-likeness (QED) is 0.355. The molecule has 0 spiro atoms. The number of carbonyl (C=O) groups excluding carboxylic acids is 1. The summed E-state index contributed by atoms with van der Waals surface area (Å²) in [6, 6.07) is 1.64. The third-order valence-electron chi connectivity index (χ3n) is 3.37. The Morgan fingerprint density at radius 1 is 1.50 bits per heavy atom. The van der Waals surface area contributed by atoms with Gasteiger partial charge in [-0.15, -0.1) is 0 Å². The highest BCUT2D eigenvalue weighted by atomic mass is 35.5. The van der Waals surface area contributed by atoms with Gasteiger partial charge < -0.3 is 11.1 Å². The average Bonchev–Trinajstić information content (AvgIpc) is 2.83. The lowest BCUT2D eigenvalue weighted by Crippen LogP contribution is -2.27. The molecule has 2 aromatic heterocycles. The summed E-state index contributed by atoms with van der Waals surface area (Å²) < 4.78 is 1.85. The molecule has 5 N–H and O–H groups in total. The van der Waals surface area contributed by atoms with E-state index < -0.39 is 5.91 Å². The van der Waals surface area contributed by atoms with Crippen molar-refractivity contribution < 1.29 is 10.0 Å². The first kappa shape index (κ1) is 16.4. The summed E-state index contributed by atoms with van der Waals surface area (Å²) in [7, 11) is 0. The van der Waals surface area contributed by atoms with Gasteiger partial charge in [-0.25, -0.2) is 10.5 Å². The molecule has 7 nitrogen and oxygen atoms in total. The van der Waals surface area contributed by atoms with Gasteiger partial charge in [0.1, 0.15) is 5.82 Å². The van der Waals surface area contributed by atoms with Crippen molar-refractivity contribution in [2.24, 2.45) is 0 Å². The van der Waals surface area contributed by atoms with E-state index in [0.29, 0.717) is 22.2 Å². The van der Waals surface area contributed by atoms with Crippen LogP contribution < -0.4 is 16.5 Å². The fraction of sp³-hybridized carbons (Fsp3) is 0.429. The van der Waals surface area contributed by atoms with Crippen LogP contribution in [0.15, 0.2) is 12.3 Å². The predicted molar refractivity (Wildman–Crippen MR) is 86.3 cm³/mol. The minimum atomic E-state index is -0.539. The number of unbranched alkanes of at least 4 members (excludes halogenated alkanes) is 2. The molecule has 0 aliphatic rings. The maximum absolute atomic E-state index is 11.2. The van der Waals surface area contributed by atoms with Crippen molar-refractivity contribution >= 4 is 34.7 Å². The van der Waals surface area contributed by atoms with Gasteiger partial charge in [0.2, 0.25) is 0 Å². The molecule has 0 saturated carbocycles. The summed E-state index contributed by atoms with van der Waals surface area (Å²) in [6.45, 7) is 2.06. The third kappa shape index (κ3) is 3.61. The summed E-state index contributed by atoms with van der Waals surface area (Å²) in [4.78, 5) is 15.6. The molecule has 120 valence electrons. The molecule has 22 heavy (non-hydrogen) atoms. The molecule has 0 radical (unpaired) electrons. The number of amides is 1. The molecule has 0 fully saturated rings. The maximum Gasteiger partial charge on any atom is 0.262 e. The summed E-state index contributed by atoms with van der Waals surface area (Å²) in [6.07, 6.45) is 5.75. The second kappa shape index (κ2) is 7.33. The standard InChI is InChI=1S/C14H20ClN5O2/c1-2-3-4-5-11-13(17-7-12(21)19-22)18-14-10(16)6-9(15)8-20(11)14/h6,8,17,22H,2-5,7,16H2,1H3,(H,19,21). The minimum Gasteiger partial charge on any atom is -0.396 e. The molecule has 0 atom stereocenters. The van der Waals surface area contributed by atoms with Crippen LogP contribution >= 0.6 is 11.6 Å². The molecule has 0 aliphatic carbocycles. The van der Waals surface area contributed by atoms with E-state index in [0.717, 1.165) is 31.4 Å². The van der Waals surface area contributed by atoms with Crippen LogP contribution in [0.25, 0.3) is 5.65 Å². The molecule has 0 aliphatic heterocycles. The highest BCUT2D eigenvalue weighted by Gasteiger charge is 2.15. The number of imidazole rings is 1. The lowest BCUT2D eigenvalue weighted by atomic mass is 10.1. The molecular weight excluding hydrogens is 306 g/mol. The number of hydrogen-bond donors (Lipinski definition) is 4. The van der Waals surface area contributed by atoms with Crippen molar-refractivity contribution in [1.82, 2.24) is 14.9 Å². The fourth-order valence-electron chi connectivity index (χ4n) is 2.31. The van der Waals surface area contributed by atoms with Crippen molar-refractivity contribution in [3.8, 4) is 0 Å². The Kier molecular flexibility index (Phi) is 5.46. The van der Waals surface area contributed by atoms with E-state index in [1.165, 1.54) is 0 Å². The van der Waals surface area contributed by atoms with Crippen LogP contribution in [0.4, 0.5) is 11.5 Å². The zero-order chi connectivity index (χ0) is 16.1. The fourth-order valence-corrected chi connectivity index (χ4v) is 2.52. The van der Waals surface area contributed by atoms with Gasteiger partial charge in [0, 0.05) is 6.20 Å². The van der Waals surface area contributed by atoms with E-state index in [2.05, 4.69) is 17.2 Å². The van der Waals surface area contributed by atoms with Crippen LogP contribution in [-0.4, -0.2) is 27.0 Å². The second-order valence-corrected chi connectivity index (χ2v) is 5.50. The summed E-state index contributed by atoms with van der Waals surface area (Å²) in [5.41, 5.74) is 9.54. The van der Waals surface area contributed by atoms with Gasteiger partial charge in [-0.3, -0.25) is 14.4 Å². The molecule has 0 aromatic carbocycles. The number of rotatable bonds is 7. The molecule has 1 amide bonds. The topological polar surface area (TPSA) is 105 Å². The van der Waals surface area contributed by atoms with Crippen LogP contribution in [-0.2, 0) is 11.2 Å². The van der Waals surface area contributed by atoms with Gasteiger partial charge in [0.15, 0.2) is 5.65 Å². The second-order valence-electron chi connectivity index (χ2n) is 5.06. The number of hydrogen-bond acceptors (Lipinski definition) is 5. The van der Waals surface area contributed by atoms with Crippen LogP contribution in [0, 0.1) is 0 Å². The number of nitrogen functional groups attached to an aromatic ring is 1. The van der Waals surface area contributed by atoms with Crippen molar-refractivity contribution in [2.45, 2.75) is 32.6 Å². The summed E-state index contributed by atoms with van der Waals surface area (Å²) in [5.74, 6) is 0.0382. The van der Waals surface area contributed by atoms with E-state index >= 15 is 0 Å². The summed E-state index contributed by atoms with van der Waals surface area (Å²) >= 11 is 6.07. The van der Waals surface area contributed by atoms with Gasteiger partial charge >= 0.3 is 0 Å². The number of anilines is 2. The largest absolute Gasteiger partial charge is 0.396 e. The zero-order valence-corrected chi connectivity index (χ0v) is 13.2. The molecule has 2 heterocycles. The molecule has 2 aromatic rings. The van der Waals surface area contributed by atoms with Crippen molar-refractivity contribution in [2.75, 3.05) is 17.6 Å². The monoisotopic (exact) mass is 325 g/mol. The Labute approximate surface area is 133 Å². The van der Waals surface area contributed by atoms with Crippen molar-refractivity contribution in [1.29, 1.82) is 0 Å². The van der Waals surface area contributed by atoms with Crippen LogP contribution in [0.2, 0.25) is 5.02 Å². The molecule has 0 unspecified atom stereocenters. The zero-order valence-electron chi connectivity index (χ0n) is 12.4. The Morgan fingerprint density at radius 2 is 2.27 bits per heavy atom. The number of hydroxylamine groups is 1. The molecule has 8 heteroatoms. The minimum absolute atomic E-state index is 0.0746. The van der Waals surface area contributed by atoms with Crippen LogP contribution in [0.1, 0.15) is 31.9 Å². The Balaban J connectivity index is 2.37. The Bertz CT molecular complexity index is 671. The van der Waals surface area contributed by atoms with E-state index in [9.17, 15) is 4.79 Å². The van der Waals surface area contributed by atoms with Gasteiger partial charge in [0.05, 0.1) is 22.9 Å². The van der Waals surface area contributed by atoms with E-state index in [4.69, 9.17) is 22.5 Å². The van der Waals surface area contributed by atoms with Gasteiger partial charge in [-0.2, -0.15) is 0 Å². The number of halogens is 1. The van der Waals surface area contributed by atoms with Crippen LogP contribution in [0.3, 0.4) is 0 Å². The van der Waals surface area contributed by atoms with E-state index in [1.54, 1.807) is 17.7 Å². The lowest BCUT2D eigenvalue weighted by molar-refractivity contribution is -0.127. The van der Waals surface area contributed by atoms with Gasteiger partial charge in [-0.1, -0.05) is 31.4 Å². The molecule has 2 rings (SSSR count). The van der Waals surface area contributed by atoms with Crippen LogP contribution in [0.5, 0.6) is 0 Å². The van der Waals surface area contributed by atoms with Crippen molar-refractivity contribution in [3.05, 3.63) is 23.0 Å². The lowest BCUT2D eigenvalue weighted by Gasteiger charge is -2.07. The maximum atomic E-state index is 11.2. The van der Waals surface area contributed by atoms with E-state index in [-0.39, 0.29) is 6.54 Å². The third-order valence-corrected chi connectivity index (χ3v) is 3.58. The number of nitrogens with one attached hydrogen (secondary N) is 2. The molecule has 0 saturated heterocycles. The SMILES string of the molecule is CCCCCc1c(NCC(=O)NO)nc2c(N)cc(Cl)cn12. The number of nitrogens with two attached hydrogens (primary N) is 1. The molecule has 0 bridgehead atoms. The first-order valence-electron chi connectivity index (χ1n) is 7.19.